The average molecular weight is 483 g/mol. The highest BCUT2D eigenvalue weighted by Crippen LogP contribution is 2.22. The van der Waals surface area contributed by atoms with E-state index in [1.807, 2.05) is 5.38 Å². The van der Waals surface area contributed by atoms with E-state index in [0.717, 1.165) is 0 Å². The van der Waals surface area contributed by atoms with Crippen molar-refractivity contribution in [1.82, 2.24) is 9.21 Å². The van der Waals surface area contributed by atoms with Gasteiger partial charge >= 0.3 is 0 Å². The highest BCUT2D eigenvalue weighted by Gasteiger charge is 2.31. The van der Waals surface area contributed by atoms with E-state index in [4.69, 9.17) is 0 Å². The molecule has 2 heterocycles. The third kappa shape index (κ3) is 4.66. The fourth-order valence-electron chi connectivity index (χ4n) is 3.72. The first-order valence-electron chi connectivity index (χ1n) is 10.4. The molecule has 0 radical (unpaired) electrons. The Morgan fingerprint density at radius 1 is 0.818 bits per heavy atom. The second kappa shape index (κ2) is 9.38. The second-order valence-corrected chi connectivity index (χ2v) is 10.5. The zero-order valence-electron chi connectivity index (χ0n) is 17.9. The minimum Gasteiger partial charge on any atom is -0.336 e. The Bertz CT molecular complexity index is 1290. The van der Waals surface area contributed by atoms with E-state index in [2.05, 4.69) is 0 Å². The number of ketones is 2. The molecule has 1 saturated heterocycles. The third-order valence-electron chi connectivity index (χ3n) is 5.57. The summed E-state index contributed by atoms with van der Waals surface area (Å²) in [5.41, 5.74) is 1.10. The molecule has 2 aromatic carbocycles. The van der Waals surface area contributed by atoms with Crippen LogP contribution in [0.1, 0.15) is 42.9 Å². The predicted molar refractivity (Wildman–Crippen MR) is 125 cm³/mol. The molecule has 0 spiro atoms. The van der Waals surface area contributed by atoms with Gasteiger partial charge in [0.1, 0.15) is 0 Å². The van der Waals surface area contributed by atoms with Crippen LogP contribution in [0.4, 0.5) is 0 Å². The van der Waals surface area contributed by atoms with Gasteiger partial charge in [0.15, 0.2) is 5.78 Å². The molecule has 1 aliphatic heterocycles. The molecule has 0 unspecified atom stereocenters. The second-order valence-electron chi connectivity index (χ2n) is 7.63. The molecule has 3 aromatic rings. The number of thiophene rings is 1. The molecule has 1 amide bonds. The molecule has 0 N–H and O–H groups in total. The van der Waals surface area contributed by atoms with Crippen molar-refractivity contribution in [1.29, 1.82) is 0 Å². The lowest BCUT2D eigenvalue weighted by molar-refractivity contribution is 0.0694. The number of carbonyl (C=O) groups is 3. The molecule has 1 aliphatic rings. The van der Waals surface area contributed by atoms with Crippen LogP contribution in [-0.4, -0.2) is 61.3 Å². The number of Topliss-reactive ketones (excluding diaryl/α,β-unsaturated/α-hetero) is 1. The number of amides is 1. The van der Waals surface area contributed by atoms with Crippen LogP contribution in [0.15, 0.2) is 70.9 Å². The molecular formula is C24H22N2O5S2. The van der Waals surface area contributed by atoms with Crippen LogP contribution in [0.2, 0.25) is 0 Å². The Kier molecular flexibility index (Phi) is 6.55. The lowest BCUT2D eigenvalue weighted by atomic mass is 10.0. The fourth-order valence-corrected chi connectivity index (χ4v) is 5.82. The fraction of sp³-hybridized carbons (Fsp3) is 0.208. The van der Waals surface area contributed by atoms with Crippen molar-refractivity contribution < 1.29 is 22.8 Å². The summed E-state index contributed by atoms with van der Waals surface area (Å²) < 4.78 is 27.3. The van der Waals surface area contributed by atoms with Crippen molar-refractivity contribution in [2.45, 2.75) is 11.8 Å². The summed E-state index contributed by atoms with van der Waals surface area (Å²) in [6.07, 6.45) is 0. The first kappa shape index (κ1) is 23.0. The van der Waals surface area contributed by atoms with Crippen LogP contribution < -0.4 is 0 Å². The first-order chi connectivity index (χ1) is 15.8. The molecule has 33 heavy (non-hydrogen) atoms. The molecule has 0 bridgehead atoms. The van der Waals surface area contributed by atoms with Gasteiger partial charge in [0.05, 0.1) is 15.3 Å². The van der Waals surface area contributed by atoms with Gasteiger partial charge in [0, 0.05) is 37.3 Å². The van der Waals surface area contributed by atoms with E-state index in [-0.39, 0.29) is 48.5 Å². The number of piperazine rings is 1. The summed E-state index contributed by atoms with van der Waals surface area (Å²) in [4.78, 5) is 39.7. The van der Waals surface area contributed by atoms with Crippen LogP contribution in [0, 0.1) is 0 Å². The van der Waals surface area contributed by atoms with E-state index in [0.29, 0.717) is 21.6 Å². The first-order valence-corrected chi connectivity index (χ1v) is 12.7. The Labute approximate surface area is 196 Å². The Hall–Kier alpha value is -3.14. The molecule has 0 saturated carbocycles. The highest BCUT2D eigenvalue weighted by molar-refractivity contribution is 7.89. The predicted octanol–water partition coefficient (Wildman–Crippen LogP) is 3.33. The van der Waals surface area contributed by atoms with Gasteiger partial charge in [-0.25, -0.2) is 8.42 Å². The van der Waals surface area contributed by atoms with Gasteiger partial charge in [-0.15, -0.1) is 11.3 Å². The minimum atomic E-state index is -3.74. The minimum absolute atomic E-state index is 0.110. The Morgan fingerprint density at radius 2 is 1.45 bits per heavy atom. The van der Waals surface area contributed by atoms with Crippen molar-refractivity contribution in [2.24, 2.45) is 0 Å². The van der Waals surface area contributed by atoms with Crippen molar-refractivity contribution in [2.75, 3.05) is 26.2 Å². The SMILES string of the molecule is CC(=O)c1ccc(S(=O)(=O)N2CCN(C(=O)c3ccccc3C(=O)c3cccs3)CC2)cc1. The number of rotatable bonds is 6. The van der Waals surface area contributed by atoms with E-state index >= 15 is 0 Å². The van der Waals surface area contributed by atoms with Crippen LogP contribution in [-0.2, 0) is 10.0 Å². The molecule has 7 nitrogen and oxygen atoms in total. The van der Waals surface area contributed by atoms with Crippen molar-refractivity contribution in [3.8, 4) is 0 Å². The maximum absolute atomic E-state index is 13.2. The van der Waals surface area contributed by atoms with Gasteiger partial charge in [0.2, 0.25) is 15.8 Å². The normalized spacial score (nSPS) is 14.8. The molecule has 0 atom stereocenters. The molecule has 0 aliphatic carbocycles. The van der Waals surface area contributed by atoms with Crippen LogP contribution in [0.5, 0.6) is 0 Å². The van der Waals surface area contributed by atoms with E-state index in [1.165, 1.54) is 46.8 Å². The maximum atomic E-state index is 13.2. The number of nitrogens with zero attached hydrogens (tertiary/aromatic N) is 2. The third-order valence-corrected chi connectivity index (χ3v) is 8.35. The van der Waals surface area contributed by atoms with Crippen LogP contribution >= 0.6 is 11.3 Å². The number of hydrogen-bond donors (Lipinski definition) is 0. The summed E-state index contributed by atoms with van der Waals surface area (Å²) >= 11 is 1.32. The summed E-state index contributed by atoms with van der Waals surface area (Å²) in [6, 6.07) is 16.1. The van der Waals surface area contributed by atoms with E-state index in [1.54, 1.807) is 41.3 Å². The summed E-state index contributed by atoms with van der Waals surface area (Å²) in [5, 5.41) is 1.81. The Morgan fingerprint density at radius 3 is 2.03 bits per heavy atom. The van der Waals surface area contributed by atoms with E-state index in [9.17, 15) is 22.8 Å². The lowest BCUT2D eigenvalue weighted by Gasteiger charge is -2.34. The maximum Gasteiger partial charge on any atom is 0.254 e. The van der Waals surface area contributed by atoms with Gasteiger partial charge in [-0.2, -0.15) is 4.31 Å². The monoisotopic (exact) mass is 482 g/mol. The number of hydrogen-bond acceptors (Lipinski definition) is 6. The zero-order chi connectivity index (χ0) is 23.6. The van der Waals surface area contributed by atoms with Gasteiger partial charge in [-0.3, -0.25) is 14.4 Å². The summed E-state index contributed by atoms with van der Waals surface area (Å²) in [7, 11) is -3.74. The quantitative estimate of drug-likeness (QED) is 0.503. The molecule has 4 rings (SSSR count). The standard InChI is InChI=1S/C24H22N2O5S2/c1-17(27)18-8-10-19(11-9-18)33(30,31)26-14-12-25(13-15-26)24(29)21-6-3-2-5-20(21)23(28)22-7-4-16-32-22/h2-11,16H,12-15H2,1H3. The van der Waals surface area contributed by atoms with Crippen LogP contribution in [0.25, 0.3) is 0 Å². The van der Waals surface area contributed by atoms with E-state index < -0.39 is 10.0 Å². The lowest BCUT2D eigenvalue weighted by Crippen LogP contribution is -2.50. The van der Waals surface area contributed by atoms with Gasteiger partial charge < -0.3 is 4.90 Å². The van der Waals surface area contributed by atoms with Crippen molar-refractivity contribution in [3.05, 3.63) is 87.6 Å². The highest BCUT2D eigenvalue weighted by atomic mass is 32.2. The molecule has 1 aromatic heterocycles. The van der Waals surface area contributed by atoms with Gasteiger partial charge in [0.25, 0.3) is 5.91 Å². The topological polar surface area (TPSA) is 91.8 Å². The van der Waals surface area contributed by atoms with Crippen LogP contribution in [0.3, 0.4) is 0 Å². The molecule has 9 heteroatoms. The molecule has 1 fully saturated rings. The number of carbonyl (C=O) groups excluding carboxylic acids is 3. The largest absolute Gasteiger partial charge is 0.336 e. The summed E-state index contributed by atoms with van der Waals surface area (Å²) in [6.45, 7) is 2.13. The smallest absolute Gasteiger partial charge is 0.254 e. The average Bonchev–Trinajstić information content (AvgIpc) is 3.38. The van der Waals surface area contributed by atoms with Gasteiger partial charge in [-0.05, 0) is 36.6 Å². The van der Waals surface area contributed by atoms with Crippen molar-refractivity contribution >= 4 is 38.8 Å². The molecular weight excluding hydrogens is 460 g/mol. The van der Waals surface area contributed by atoms with Gasteiger partial charge in [-0.1, -0.05) is 36.4 Å². The van der Waals surface area contributed by atoms with Crippen molar-refractivity contribution in [3.63, 3.8) is 0 Å². The molecule has 170 valence electrons. The zero-order valence-corrected chi connectivity index (χ0v) is 19.6. The Balaban J connectivity index is 1.48. The summed E-state index contributed by atoms with van der Waals surface area (Å²) in [5.74, 6) is -0.633. The number of sulfonamides is 1. The number of benzene rings is 2.